The van der Waals surface area contributed by atoms with E-state index >= 15 is 0 Å². The fraction of sp³-hybridized carbons (Fsp3) is 0.269. The van der Waals surface area contributed by atoms with Crippen molar-refractivity contribution in [1.29, 1.82) is 5.26 Å². The zero-order valence-electron chi connectivity index (χ0n) is 31.8. The summed E-state index contributed by atoms with van der Waals surface area (Å²) in [5.74, 6) is -2.93. The van der Waals surface area contributed by atoms with Gasteiger partial charge in [-0.2, -0.15) is 5.26 Å². The SMILES string of the molecule is [2H]/C(=C\C(=O)Cc1c(OC([2H])([2H])C)c([2H])c2nc([2H])c(C#N)c(Nc3c([2H])c([2H])c(F)c(C)c3[2H])c2c1[2H])C([2H])([2H])N(C)C([2H])([2H])[2H]. The third-order valence-electron chi connectivity index (χ3n) is 4.12. The van der Waals surface area contributed by atoms with Crippen molar-refractivity contribution in [3.63, 3.8) is 0 Å². The highest BCUT2D eigenvalue weighted by Crippen LogP contribution is 2.34. The zero-order chi connectivity index (χ0) is 36.1. The molecular weight excluding hydrogens is 419 g/mol. The smallest absolute Gasteiger partial charge is 0.159 e. The molecule has 0 amide bonds. The van der Waals surface area contributed by atoms with Crippen molar-refractivity contribution in [2.45, 2.75) is 20.3 Å². The number of ketones is 1. The lowest BCUT2D eigenvalue weighted by atomic mass is 10.0. The number of hydrogen-bond acceptors (Lipinski definition) is 6. The van der Waals surface area contributed by atoms with Crippen LogP contribution in [0.2, 0.25) is 0 Å². The predicted octanol–water partition coefficient (Wildman–Crippen LogP) is 4.93. The van der Waals surface area contributed by atoms with Crippen molar-refractivity contribution < 1.29 is 33.1 Å². The molecule has 0 saturated heterocycles. The molecule has 0 aliphatic heterocycles. The van der Waals surface area contributed by atoms with Crippen LogP contribution in [0.25, 0.3) is 10.9 Å². The van der Waals surface area contributed by atoms with Gasteiger partial charge in [0, 0.05) is 48.6 Å². The summed E-state index contributed by atoms with van der Waals surface area (Å²) >= 11 is 0. The second kappa shape index (κ2) is 10.7. The number of halogens is 1. The van der Waals surface area contributed by atoms with Crippen LogP contribution in [0.1, 0.15) is 42.8 Å². The molecule has 0 aliphatic carbocycles. The normalized spacial score (nSPS) is 18.8. The third kappa shape index (κ3) is 5.93. The molecule has 0 bridgehead atoms. The van der Waals surface area contributed by atoms with E-state index in [2.05, 4.69) is 10.3 Å². The topological polar surface area (TPSA) is 78.2 Å². The fourth-order valence-corrected chi connectivity index (χ4v) is 2.70. The number of nitriles is 1. The lowest BCUT2D eigenvalue weighted by Gasteiger charge is -2.15. The lowest BCUT2D eigenvalue weighted by Crippen LogP contribution is -2.11. The molecule has 0 atom stereocenters. The van der Waals surface area contributed by atoms with Crippen LogP contribution in [0.15, 0.2) is 48.5 Å². The molecule has 170 valence electrons. The van der Waals surface area contributed by atoms with Crippen molar-refractivity contribution in [1.82, 2.24) is 9.88 Å². The molecule has 0 unspecified atom stereocenters. The minimum atomic E-state index is -2.99. The number of anilines is 2. The Morgan fingerprint density at radius 2 is 2.30 bits per heavy atom. The highest BCUT2D eigenvalue weighted by molar-refractivity contribution is 5.98. The fourth-order valence-electron chi connectivity index (χ4n) is 2.70. The number of ether oxygens (including phenoxy) is 1. The summed E-state index contributed by atoms with van der Waals surface area (Å²) in [4.78, 5) is 17.3. The second-order valence-electron chi connectivity index (χ2n) is 6.59. The predicted molar refractivity (Wildman–Crippen MR) is 128 cm³/mol. The van der Waals surface area contributed by atoms with E-state index in [0.717, 1.165) is 14.0 Å². The van der Waals surface area contributed by atoms with E-state index in [0.29, 0.717) is 6.08 Å². The number of rotatable bonds is 9. The summed E-state index contributed by atoms with van der Waals surface area (Å²) in [6.07, 6.45) is -1.23. The third-order valence-corrected chi connectivity index (χ3v) is 4.12. The van der Waals surface area contributed by atoms with Gasteiger partial charge in [0.15, 0.2) is 5.78 Å². The van der Waals surface area contributed by atoms with Crippen molar-refractivity contribution >= 4 is 28.1 Å². The molecule has 1 aromatic heterocycles. The van der Waals surface area contributed by atoms with Gasteiger partial charge in [-0.05, 0) is 63.7 Å². The van der Waals surface area contributed by atoms with E-state index in [1.165, 1.54) is 6.92 Å². The van der Waals surface area contributed by atoms with Crippen LogP contribution in [-0.4, -0.2) is 42.7 Å². The Morgan fingerprint density at radius 3 is 3.03 bits per heavy atom. The van der Waals surface area contributed by atoms with E-state index in [4.69, 9.17) is 23.9 Å². The van der Waals surface area contributed by atoms with Gasteiger partial charge in [0.1, 0.15) is 17.6 Å². The first kappa shape index (κ1) is 11.4. The molecule has 0 spiro atoms. The first-order valence-electron chi connectivity index (χ1n) is 16.4. The number of aromatic nitrogens is 1. The number of hydrogen-bond donors (Lipinski definition) is 1. The number of benzene rings is 2. The lowest BCUT2D eigenvalue weighted by molar-refractivity contribution is -0.114. The Hall–Kier alpha value is -3.76. The Morgan fingerprint density at radius 1 is 1.48 bits per heavy atom. The molecule has 7 heteroatoms. The number of allylic oxidation sites excluding steroid dienone is 1. The maximum absolute atomic E-state index is 14.4. The molecule has 1 N–H and O–H groups in total. The quantitative estimate of drug-likeness (QED) is 0.457. The number of carbonyl (C=O) groups excluding carboxylic acids is 1. The summed E-state index contributed by atoms with van der Waals surface area (Å²) in [5, 5.41) is 12.0. The molecule has 0 radical (unpaired) electrons. The van der Waals surface area contributed by atoms with Gasteiger partial charge in [-0.1, -0.05) is 6.05 Å². The van der Waals surface area contributed by atoms with Gasteiger partial charge in [0.05, 0.1) is 35.7 Å². The van der Waals surface area contributed by atoms with Crippen molar-refractivity contribution in [2.24, 2.45) is 0 Å². The van der Waals surface area contributed by atoms with Crippen molar-refractivity contribution in [3.8, 4) is 11.8 Å². The molecule has 1 heterocycles. The summed E-state index contributed by atoms with van der Waals surface area (Å²) in [7, 11) is 0.873. The molecule has 6 nitrogen and oxygen atoms in total. The van der Waals surface area contributed by atoms with Crippen LogP contribution in [0.5, 0.6) is 5.75 Å². The molecule has 2 aromatic carbocycles. The minimum Gasteiger partial charge on any atom is -0.494 e. The first-order valence-corrected chi connectivity index (χ1v) is 9.40. The Kier molecular flexibility index (Phi) is 3.70. The summed E-state index contributed by atoms with van der Waals surface area (Å²) in [6.45, 7) is -6.35. The van der Waals surface area contributed by atoms with Gasteiger partial charge < -0.3 is 15.0 Å². The van der Waals surface area contributed by atoms with E-state index < -0.39 is 120 Å². The summed E-state index contributed by atoms with van der Waals surface area (Å²) < 4.78 is 132. The number of fused-ring (bicyclic) bond motifs is 1. The minimum absolute atomic E-state index is 0.242. The number of carbonyl (C=O) groups is 1. The molecule has 0 aliphatic rings. The maximum atomic E-state index is 14.4. The van der Waals surface area contributed by atoms with E-state index in [9.17, 15) is 14.4 Å². The Labute approximate surface area is 213 Å². The van der Waals surface area contributed by atoms with Gasteiger partial charge in [-0.25, -0.2) is 4.39 Å². The number of nitrogens with zero attached hydrogens (tertiary/aromatic N) is 3. The molecule has 0 saturated carbocycles. The number of likely N-dealkylation sites (N-methyl/N-ethyl adjacent to an activating group) is 1. The number of pyridine rings is 1. The maximum Gasteiger partial charge on any atom is 0.159 e. The second-order valence-corrected chi connectivity index (χ2v) is 6.59. The summed E-state index contributed by atoms with van der Waals surface area (Å²) in [6, 6.07) is -3.17. The van der Waals surface area contributed by atoms with Gasteiger partial charge in [-0.3, -0.25) is 9.78 Å². The average Bonchev–Trinajstić information content (AvgIpc) is 2.95. The van der Waals surface area contributed by atoms with Gasteiger partial charge in [0.25, 0.3) is 0 Å². The Bertz CT molecular complexity index is 1840. The van der Waals surface area contributed by atoms with Crippen LogP contribution in [-0.2, 0) is 11.2 Å². The zero-order valence-corrected chi connectivity index (χ0v) is 17.8. The highest BCUT2D eigenvalue weighted by Gasteiger charge is 2.16. The largest absolute Gasteiger partial charge is 0.494 e. The van der Waals surface area contributed by atoms with Crippen LogP contribution in [0.3, 0.4) is 0 Å². The van der Waals surface area contributed by atoms with Crippen LogP contribution in [0, 0.1) is 24.1 Å². The van der Waals surface area contributed by atoms with Gasteiger partial charge in [0.2, 0.25) is 0 Å². The van der Waals surface area contributed by atoms with Gasteiger partial charge >= 0.3 is 0 Å². The van der Waals surface area contributed by atoms with E-state index in [1.54, 1.807) is 6.07 Å². The number of nitrogens with one attached hydrogen (secondary N) is 1. The standard InChI is InChI=1S/C26H27FN4O2/c1-5-33-25-14-24-22(13-18(25)12-21(32)7-6-10-31(3)4)26(19(15-28)16-29-24)30-20-8-9-23(27)17(2)11-20/h6-9,11,13-14,16H,5,10,12H2,1-4H3,(H,29,30)/b7-6+/i3D3,5D2,6D,8D,9D,10D2,11D,13D,14D,16D. The summed E-state index contributed by atoms with van der Waals surface area (Å²) in [5.41, 5.74) is -2.88. The van der Waals surface area contributed by atoms with E-state index in [-0.39, 0.29) is 10.5 Å². The van der Waals surface area contributed by atoms with Crippen LogP contribution in [0.4, 0.5) is 15.8 Å². The highest BCUT2D eigenvalue weighted by atomic mass is 19.1. The van der Waals surface area contributed by atoms with Crippen LogP contribution >= 0.6 is 0 Å². The molecular formula is C26H27FN4O2. The van der Waals surface area contributed by atoms with Gasteiger partial charge in [-0.15, -0.1) is 0 Å². The van der Waals surface area contributed by atoms with Crippen molar-refractivity contribution in [3.05, 3.63) is 71.0 Å². The molecule has 3 rings (SSSR count). The van der Waals surface area contributed by atoms with Crippen molar-refractivity contribution in [2.75, 3.05) is 32.4 Å². The average molecular weight is 461 g/mol. The molecule has 0 fully saturated rings. The molecule has 3 aromatic rings. The molecule has 33 heavy (non-hydrogen) atoms. The monoisotopic (exact) mass is 460 g/mol. The van der Waals surface area contributed by atoms with E-state index in [1.807, 2.05) is 0 Å². The van der Waals surface area contributed by atoms with Crippen LogP contribution < -0.4 is 10.1 Å². The Balaban J connectivity index is 2.39. The first-order chi connectivity index (χ1) is 21.4.